The lowest BCUT2D eigenvalue weighted by Crippen LogP contribution is -2.10. The zero-order valence-corrected chi connectivity index (χ0v) is 25.4. The summed E-state index contributed by atoms with van der Waals surface area (Å²) in [7, 11) is -3.25. The van der Waals surface area contributed by atoms with Crippen molar-refractivity contribution in [1.82, 2.24) is 30.1 Å². The number of fused-ring (bicyclic) bond motifs is 2. The van der Waals surface area contributed by atoms with Crippen molar-refractivity contribution in [2.24, 2.45) is 5.92 Å². The van der Waals surface area contributed by atoms with Gasteiger partial charge in [-0.25, -0.2) is 31.0 Å². The normalized spacial score (nSPS) is 16.5. The van der Waals surface area contributed by atoms with E-state index in [1.54, 1.807) is 42.7 Å². The number of imidazole rings is 1. The minimum Gasteiger partial charge on any atom is -0.336 e. The monoisotopic (exact) mass is 648 g/mol. The standard InChI is InChI=1S/C33H28F4N6O2S/c1-46(44,45)9-6-18-11-21(14-23(34)13-18)29-30-26(5-8-39-29)40-32(41-30)31-27-25(42-43-31)3-2-24(28(27)35)22-12-20(16-38-17-22)10-19-4-7-33(36,37)15-19/h2-3,5,8,11-14,16-17,19H,4,6-7,9-10,15H2,1H3,(H,40,41)(H,42,43). The molecule has 8 nitrogen and oxygen atoms in total. The van der Waals surface area contributed by atoms with Gasteiger partial charge in [0.15, 0.2) is 5.82 Å². The second kappa shape index (κ2) is 11.3. The molecule has 0 aliphatic heterocycles. The number of hydrogen-bond acceptors (Lipinski definition) is 6. The van der Waals surface area contributed by atoms with E-state index >= 15 is 4.39 Å². The molecule has 0 radical (unpaired) electrons. The molecule has 0 bridgehead atoms. The molecule has 236 valence electrons. The van der Waals surface area contributed by atoms with Gasteiger partial charge in [-0.2, -0.15) is 5.10 Å². The van der Waals surface area contributed by atoms with Crippen LogP contribution in [-0.2, 0) is 22.7 Å². The molecule has 0 saturated heterocycles. The summed E-state index contributed by atoms with van der Waals surface area (Å²) in [6, 6.07) is 11.1. The van der Waals surface area contributed by atoms with Crippen LogP contribution in [0.2, 0.25) is 0 Å². The number of sulfone groups is 1. The maximum Gasteiger partial charge on any atom is 0.248 e. The van der Waals surface area contributed by atoms with Crippen molar-refractivity contribution in [2.75, 3.05) is 12.0 Å². The van der Waals surface area contributed by atoms with Gasteiger partial charge in [0.05, 0.1) is 27.9 Å². The Morgan fingerprint density at radius 2 is 1.80 bits per heavy atom. The van der Waals surface area contributed by atoms with Crippen LogP contribution in [0.15, 0.2) is 61.1 Å². The number of aryl methyl sites for hydroxylation is 1. The van der Waals surface area contributed by atoms with Crippen LogP contribution in [0.3, 0.4) is 0 Å². The van der Waals surface area contributed by atoms with Gasteiger partial charge in [0, 0.05) is 54.4 Å². The first kappa shape index (κ1) is 30.0. The van der Waals surface area contributed by atoms with Crippen molar-refractivity contribution in [2.45, 2.75) is 38.0 Å². The van der Waals surface area contributed by atoms with Gasteiger partial charge in [0.25, 0.3) is 0 Å². The third-order valence-corrected chi connectivity index (χ3v) is 9.37. The summed E-state index contributed by atoms with van der Waals surface area (Å²) in [5, 5.41) is 7.40. The summed E-state index contributed by atoms with van der Waals surface area (Å²) in [5.74, 6) is -3.75. The lowest BCUT2D eigenvalue weighted by molar-refractivity contribution is 0.00507. The average molecular weight is 649 g/mol. The number of aromatic amines is 2. The van der Waals surface area contributed by atoms with Crippen molar-refractivity contribution >= 4 is 31.8 Å². The van der Waals surface area contributed by atoms with E-state index in [4.69, 9.17) is 4.98 Å². The van der Waals surface area contributed by atoms with Crippen LogP contribution in [-0.4, -0.2) is 56.5 Å². The number of hydrogen-bond donors (Lipinski definition) is 2. The molecule has 0 amide bonds. The molecule has 0 spiro atoms. The Balaban J connectivity index is 1.25. The van der Waals surface area contributed by atoms with Crippen LogP contribution in [0.25, 0.3) is 55.8 Å². The maximum absolute atomic E-state index is 16.3. The molecular weight excluding hydrogens is 620 g/mol. The van der Waals surface area contributed by atoms with Gasteiger partial charge in [-0.1, -0.05) is 0 Å². The fourth-order valence-electron chi connectivity index (χ4n) is 6.26. The summed E-state index contributed by atoms with van der Waals surface area (Å²) in [6.45, 7) is 0. The van der Waals surface area contributed by atoms with Gasteiger partial charge in [-0.3, -0.25) is 15.1 Å². The number of alkyl halides is 2. The first-order valence-electron chi connectivity index (χ1n) is 14.7. The van der Waals surface area contributed by atoms with E-state index in [1.807, 2.05) is 0 Å². The summed E-state index contributed by atoms with van der Waals surface area (Å²) in [6.07, 6.45) is 6.58. The van der Waals surface area contributed by atoms with Crippen LogP contribution < -0.4 is 0 Å². The molecule has 2 N–H and O–H groups in total. The molecule has 6 aromatic rings. The fraction of sp³-hybridized carbons (Fsp3) is 0.273. The van der Waals surface area contributed by atoms with E-state index in [2.05, 4.69) is 25.1 Å². The first-order valence-corrected chi connectivity index (χ1v) is 16.8. The van der Waals surface area contributed by atoms with Gasteiger partial charge in [-0.15, -0.1) is 0 Å². The van der Waals surface area contributed by atoms with Crippen molar-refractivity contribution in [3.8, 4) is 33.9 Å². The highest BCUT2D eigenvalue weighted by Gasteiger charge is 2.39. The molecule has 7 rings (SSSR count). The molecule has 2 aromatic carbocycles. The summed E-state index contributed by atoms with van der Waals surface area (Å²) in [4.78, 5) is 16.6. The quantitative estimate of drug-likeness (QED) is 0.171. The number of pyridine rings is 2. The summed E-state index contributed by atoms with van der Waals surface area (Å²) >= 11 is 0. The van der Waals surface area contributed by atoms with Crippen LogP contribution in [0.5, 0.6) is 0 Å². The minimum absolute atomic E-state index is 0.118. The van der Waals surface area contributed by atoms with Gasteiger partial charge in [-0.05, 0) is 78.8 Å². The molecule has 1 fully saturated rings. The van der Waals surface area contributed by atoms with Crippen molar-refractivity contribution in [1.29, 1.82) is 0 Å². The van der Waals surface area contributed by atoms with Crippen LogP contribution in [0, 0.1) is 17.6 Å². The zero-order chi connectivity index (χ0) is 32.2. The smallest absolute Gasteiger partial charge is 0.248 e. The van der Waals surface area contributed by atoms with Gasteiger partial charge in [0.1, 0.15) is 32.7 Å². The van der Waals surface area contributed by atoms with E-state index in [0.29, 0.717) is 51.8 Å². The molecule has 13 heteroatoms. The SMILES string of the molecule is CS(=O)(=O)CCc1cc(F)cc(-c2nccc3[nH]c(-c4n[nH]c5ccc(-c6cncc(CC7CCC(F)(F)C7)c6)c(F)c45)nc23)c1. The molecular formula is C33H28F4N6O2S. The van der Waals surface area contributed by atoms with Gasteiger partial charge >= 0.3 is 0 Å². The number of nitrogens with one attached hydrogen (secondary N) is 2. The molecule has 1 aliphatic carbocycles. The Kier molecular flexibility index (Phi) is 7.38. The van der Waals surface area contributed by atoms with Gasteiger partial charge in [0.2, 0.25) is 5.92 Å². The Morgan fingerprint density at radius 3 is 2.59 bits per heavy atom. The maximum atomic E-state index is 16.3. The van der Waals surface area contributed by atoms with Crippen LogP contribution in [0.4, 0.5) is 17.6 Å². The zero-order valence-electron chi connectivity index (χ0n) is 24.6. The second-order valence-electron chi connectivity index (χ2n) is 12.0. The number of H-pyrrole nitrogens is 2. The van der Waals surface area contributed by atoms with E-state index in [0.717, 1.165) is 11.8 Å². The highest BCUT2D eigenvalue weighted by Crippen LogP contribution is 2.41. The average Bonchev–Trinajstić information content (AvgIpc) is 3.72. The second-order valence-corrected chi connectivity index (χ2v) is 14.3. The molecule has 1 atom stereocenters. The largest absolute Gasteiger partial charge is 0.336 e. The van der Waals surface area contributed by atoms with E-state index in [9.17, 15) is 21.6 Å². The van der Waals surface area contributed by atoms with Crippen molar-refractivity contribution in [3.63, 3.8) is 0 Å². The number of nitrogens with zero attached hydrogens (tertiary/aromatic N) is 4. The highest BCUT2D eigenvalue weighted by atomic mass is 32.2. The molecule has 1 unspecified atom stereocenters. The Labute approximate surface area is 261 Å². The molecule has 1 saturated carbocycles. The molecule has 4 aromatic heterocycles. The lowest BCUT2D eigenvalue weighted by Gasteiger charge is -2.12. The van der Waals surface area contributed by atoms with Crippen LogP contribution >= 0.6 is 0 Å². The van der Waals surface area contributed by atoms with E-state index in [-0.39, 0.29) is 53.4 Å². The highest BCUT2D eigenvalue weighted by molar-refractivity contribution is 7.90. The van der Waals surface area contributed by atoms with E-state index in [1.165, 1.54) is 18.3 Å². The topological polar surface area (TPSA) is 117 Å². The predicted molar refractivity (Wildman–Crippen MR) is 167 cm³/mol. The number of rotatable bonds is 8. The number of aromatic nitrogens is 6. The van der Waals surface area contributed by atoms with Crippen molar-refractivity contribution in [3.05, 3.63) is 83.8 Å². The summed E-state index contributed by atoms with van der Waals surface area (Å²) < 4.78 is 81.7. The molecule has 1 aliphatic rings. The minimum atomic E-state index is -3.25. The van der Waals surface area contributed by atoms with Crippen molar-refractivity contribution < 1.29 is 26.0 Å². The molecule has 4 heterocycles. The van der Waals surface area contributed by atoms with Crippen LogP contribution in [0.1, 0.15) is 30.4 Å². The Hall–Kier alpha value is -4.65. The number of halogens is 4. The Bertz CT molecular complexity index is 2230. The number of benzene rings is 2. The lowest BCUT2D eigenvalue weighted by atomic mass is 9.96. The third-order valence-electron chi connectivity index (χ3n) is 8.42. The predicted octanol–water partition coefficient (Wildman–Crippen LogP) is 7.07. The van der Waals surface area contributed by atoms with Gasteiger partial charge < -0.3 is 4.98 Å². The molecule has 46 heavy (non-hydrogen) atoms. The first-order chi connectivity index (χ1) is 21.9. The van der Waals surface area contributed by atoms with E-state index < -0.39 is 27.4 Å². The Morgan fingerprint density at radius 1 is 0.978 bits per heavy atom. The third kappa shape index (κ3) is 5.98. The fourth-order valence-corrected chi connectivity index (χ4v) is 6.86. The summed E-state index contributed by atoms with van der Waals surface area (Å²) in [5.41, 5.74) is 4.47.